The number of unbranched alkanes of at least 4 members (excludes halogenated alkanes) is 66. The van der Waals surface area contributed by atoms with E-state index in [0.717, 1.165) is 113 Å². The zero-order chi connectivity index (χ0) is 92.3. The maximum absolute atomic E-state index is 10.2. The average Bonchev–Trinajstić information content (AvgIpc) is 1.26. The fraction of sp³-hybridized carbons (Fsp3) is 0.944. The van der Waals surface area contributed by atoms with Crippen LogP contribution in [0.25, 0.3) is 0 Å². The molecule has 732 valence electrons. The Balaban J connectivity index is -0.000000214. The molecule has 15 heteroatoms. The van der Waals surface area contributed by atoms with Crippen LogP contribution >= 0.6 is 9.82 Å². The first-order chi connectivity index (χ1) is 58.8. The normalized spacial score (nSPS) is 10.9. The van der Waals surface area contributed by atoms with Gasteiger partial charge in [-0.25, -0.2) is 0 Å². The van der Waals surface area contributed by atoms with E-state index in [-0.39, 0.29) is 59.6 Å². The second-order valence-electron chi connectivity index (χ2n) is 39.3. The summed E-state index contributed by atoms with van der Waals surface area (Å²) in [6, 6.07) is 0. The van der Waals surface area contributed by atoms with E-state index in [0.29, 0.717) is 0 Å². The number of rotatable bonds is 90. The molecule has 0 unspecified atom stereocenters. The fourth-order valence-corrected chi connectivity index (χ4v) is 15.5. The Hall–Kier alpha value is -1.58. The molecule has 0 heterocycles. The van der Waals surface area contributed by atoms with Crippen molar-refractivity contribution in [3.63, 3.8) is 0 Å². The molecule has 0 rings (SSSR count). The van der Waals surface area contributed by atoms with E-state index in [1.54, 1.807) is 0 Å². The Morgan fingerprint density at radius 2 is 0.203 bits per heavy atom. The first kappa shape index (κ1) is 137. The predicted octanol–water partition coefficient (Wildman–Crippen LogP) is 29.8. The zero-order valence-corrected chi connectivity index (χ0v) is 88.8. The Morgan fingerprint density at radius 3 is 0.260 bits per heavy atom. The van der Waals surface area contributed by atoms with Crippen molar-refractivity contribution in [2.24, 2.45) is 35.5 Å². The van der Waals surface area contributed by atoms with Crippen LogP contribution in [0.3, 0.4) is 0 Å². The van der Waals surface area contributed by atoms with Gasteiger partial charge >= 0.3 is 48.9 Å². The molecule has 0 saturated carbocycles. The van der Waals surface area contributed by atoms with Gasteiger partial charge in [-0.3, -0.25) is 0 Å². The summed E-state index contributed by atoms with van der Waals surface area (Å²) in [4.78, 5) is 61.3. The topological polar surface area (TPSA) is 241 Å². The minimum atomic E-state index is -0.904. The summed E-state index contributed by atoms with van der Waals surface area (Å²) in [5.41, 5.74) is 0. The molecule has 0 aliphatic carbocycles. The Bertz CT molecular complexity index is 1670. The van der Waals surface area contributed by atoms with Crippen molar-refractivity contribution in [3.05, 3.63) is 0 Å². The molecule has 0 N–H and O–H groups in total. The molecule has 0 bridgehead atoms. The molecule has 0 atom stereocenters. The SMILES string of the molecule is CC(C)CCCCCCCCCCCCCCC(=O)[O-].CC(C)CCCCCCCCCCCCCCC(=O)[O-].CC(C)CCCCCCCCCCCCCCC(=O)[O-].CC(C)CCCCCCCCCCCCCCC(=O)[O-].CC(C)CCCCCCCCCCCCCCC(=O)[O-].CC(C)CCCCCCCCCCCCCCC(=O)[O-].[Mo+4].[S]=[Mo+2]. The van der Waals surface area contributed by atoms with Gasteiger partial charge in [-0.15, -0.1) is 0 Å². The number of hydrogen-bond donors (Lipinski definition) is 0. The number of aliphatic carboxylic acids is 6. The average molecular weight is 1920 g/mol. The van der Waals surface area contributed by atoms with Crippen LogP contribution in [0.4, 0.5) is 0 Å². The molecule has 0 fully saturated rings. The molecule has 0 radical (unpaired) electrons. The van der Waals surface area contributed by atoms with E-state index in [2.05, 4.69) is 92.9 Å². The van der Waals surface area contributed by atoms with Crippen molar-refractivity contribution < 1.29 is 98.5 Å². The number of carbonyl (C=O) groups is 6. The molecule has 0 aromatic rings. The Kier molecular flexibility index (Phi) is 136. The maximum atomic E-state index is 10.2. The third kappa shape index (κ3) is 167. The molecule has 0 aliphatic rings. The fourth-order valence-electron chi connectivity index (χ4n) is 15.5. The van der Waals surface area contributed by atoms with Crippen LogP contribution in [0, 0.1) is 35.5 Å². The molecule has 0 saturated heterocycles. The molecule has 0 aromatic heterocycles. The van der Waals surface area contributed by atoms with Crippen LogP contribution in [0.5, 0.6) is 0 Å². The van der Waals surface area contributed by atoms with Crippen molar-refractivity contribution in [1.29, 1.82) is 0 Å². The molecule has 0 aromatic carbocycles. The third-order valence-corrected chi connectivity index (χ3v) is 23.5. The second kappa shape index (κ2) is 122. The second-order valence-corrected chi connectivity index (χ2v) is 39.3. The minimum absolute atomic E-state index is 0. The van der Waals surface area contributed by atoms with Crippen molar-refractivity contribution >= 4 is 45.6 Å². The van der Waals surface area contributed by atoms with E-state index in [1.165, 1.54) is 442 Å². The number of carboxylic acids is 6. The van der Waals surface area contributed by atoms with Crippen LogP contribution < -0.4 is 30.6 Å². The summed E-state index contributed by atoms with van der Waals surface area (Å²) in [6.07, 6.45) is 102. The third-order valence-electron chi connectivity index (χ3n) is 23.5. The standard InChI is InChI=1S/6C18H36O2.2Mo.S/c6*1-17(2)15-13-11-9-7-5-3-4-6-8-10-12-14-16-18(19)20;;;/h6*17H,3-16H2,1-2H3,(H,19,20);;;/q;;;;;;+2;+4;/p-6. The molecule has 0 amide bonds. The van der Waals surface area contributed by atoms with Gasteiger partial charge in [0.05, 0.1) is 0 Å². The molecule has 123 heavy (non-hydrogen) atoms. The van der Waals surface area contributed by atoms with E-state index >= 15 is 0 Å². The molecule has 0 aliphatic heterocycles. The van der Waals surface area contributed by atoms with Gasteiger partial charge in [0.15, 0.2) is 0 Å². The summed E-state index contributed by atoms with van der Waals surface area (Å²) in [6.45, 7) is 27.6. The van der Waals surface area contributed by atoms with E-state index in [1.807, 2.05) is 0 Å². The van der Waals surface area contributed by atoms with Gasteiger partial charge in [-0.1, -0.05) is 545 Å². The quantitative estimate of drug-likeness (QED) is 0.0407. The van der Waals surface area contributed by atoms with Gasteiger partial charge in [-0.05, 0) is 113 Å². The predicted molar refractivity (Wildman–Crippen MR) is 514 cm³/mol. The summed E-state index contributed by atoms with van der Waals surface area (Å²) in [5.74, 6) is -0.249. The van der Waals surface area contributed by atoms with Crippen LogP contribution in [0.15, 0.2) is 0 Å². The Labute approximate surface area is 796 Å². The van der Waals surface area contributed by atoms with Gasteiger partial charge in [-0.2, -0.15) is 0 Å². The number of hydrogen-bond acceptors (Lipinski definition) is 13. The summed E-state index contributed by atoms with van der Waals surface area (Å²) in [7, 11) is 4.09. The van der Waals surface area contributed by atoms with Crippen molar-refractivity contribution in [1.82, 2.24) is 0 Å². The molecular weight excluding hydrogens is 1710 g/mol. The van der Waals surface area contributed by atoms with Gasteiger partial charge in [0.1, 0.15) is 0 Å². The van der Waals surface area contributed by atoms with Crippen LogP contribution in [0.2, 0.25) is 0 Å². The van der Waals surface area contributed by atoms with Gasteiger partial charge < -0.3 is 59.4 Å². The van der Waals surface area contributed by atoms with Crippen LogP contribution in [0.1, 0.15) is 622 Å². The molecular formula is C108H210Mo2O12S. The van der Waals surface area contributed by atoms with E-state index < -0.39 is 35.8 Å². The Morgan fingerprint density at radius 1 is 0.146 bits per heavy atom. The monoisotopic (exact) mass is 1930 g/mol. The van der Waals surface area contributed by atoms with E-state index in [9.17, 15) is 59.4 Å². The summed E-state index contributed by atoms with van der Waals surface area (Å²) in [5, 5.41) is 61.3. The van der Waals surface area contributed by atoms with Crippen molar-refractivity contribution in [2.75, 3.05) is 0 Å². The van der Waals surface area contributed by atoms with Crippen molar-refractivity contribution in [3.8, 4) is 0 Å². The summed E-state index contributed by atoms with van der Waals surface area (Å²) < 4.78 is 0. The van der Waals surface area contributed by atoms with Crippen LogP contribution in [-0.2, 0) is 67.8 Å². The molecule has 12 nitrogen and oxygen atoms in total. The number of carbonyl (C=O) groups excluding carboxylic acids is 6. The van der Waals surface area contributed by atoms with Gasteiger partial charge in [0.25, 0.3) is 0 Å². The first-order valence-electron chi connectivity index (χ1n) is 53.1. The first-order valence-corrected chi connectivity index (χ1v) is 55.9. The molecule has 0 spiro atoms. The van der Waals surface area contributed by atoms with Gasteiger partial charge in [0, 0.05) is 35.8 Å². The van der Waals surface area contributed by atoms with Crippen LogP contribution in [-0.4, -0.2) is 35.8 Å². The summed E-state index contributed by atoms with van der Waals surface area (Å²) >= 11 is 1.53. The van der Waals surface area contributed by atoms with E-state index in [4.69, 9.17) is 0 Å². The van der Waals surface area contributed by atoms with Gasteiger partial charge in [0.2, 0.25) is 0 Å². The van der Waals surface area contributed by atoms with Crippen molar-refractivity contribution in [2.45, 2.75) is 622 Å². The number of carboxylic acid groups (broad SMARTS) is 6. The zero-order valence-electron chi connectivity index (χ0n) is 84.0.